The van der Waals surface area contributed by atoms with E-state index < -0.39 is 0 Å². The van der Waals surface area contributed by atoms with Crippen LogP contribution in [0.2, 0.25) is 0 Å². The molecule has 0 saturated carbocycles. The highest BCUT2D eigenvalue weighted by molar-refractivity contribution is 7.60. The maximum Gasteiger partial charge on any atom is 0.0771 e. The van der Waals surface area contributed by atoms with Gasteiger partial charge in [-0.2, -0.15) is 0 Å². The molecule has 1 aromatic carbocycles. The Morgan fingerprint density at radius 3 is 3.00 bits per heavy atom. The fraction of sp³-hybridized carbons (Fsp3) is 0.250. The molecule has 0 fully saturated rings. The van der Waals surface area contributed by atoms with Crippen molar-refractivity contribution in [1.82, 2.24) is 0 Å². The van der Waals surface area contributed by atoms with Crippen molar-refractivity contribution in [3.8, 4) is 0 Å². The summed E-state index contributed by atoms with van der Waals surface area (Å²) >= 11 is 0. The molecule has 0 N–H and O–H groups in total. The predicted octanol–water partition coefficient (Wildman–Crippen LogP) is 1.87. The number of hydrogen-bond donors (Lipinski definition) is 0. The maximum atomic E-state index is 5.49. The second-order valence-electron chi connectivity index (χ2n) is 2.40. The van der Waals surface area contributed by atoms with Crippen LogP contribution in [0.3, 0.4) is 0 Å². The Labute approximate surface area is 61.9 Å². The summed E-state index contributed by atoms with van der Waals surface area (Å²) in [7, 11) is -0.281. The highest BCUT2D eigenvalue weighted by Crippen LogP contribution is 2.38. The van der Waals surface area contributed by atoms with Gasteiger partial charge in [0.05, 0.1) is 14.8 Å². The lowest BCUT2D eigenvalue weighted by molar-refractivity contribution is 0.362. The van der Waals surface area contributed by atoms with Crippen molar-refractivity contribution in [3.63, 3.8) is 0 Å². The van der Waals surface area contributed by atoms with Crippen molar-refractivity contribution in [3.05, 3.63) is 29.8 Å². The monoisotopic (exact) mass is 152 g/mol. The molecule has 2 heteroatoms. The van der Waals surface area contributed by atoms with Crippen LogP contribution in [-0.2, 0) is 11.1 Å². The number of benzene rings is 1. The van der Waals surface area contributed by atoms with E-state index in [0.717, 1.165) is 6.61 Å². The van der Waals surface area contributed by atoms with Gasteiger partial charge in [-0.05, 0) is 12.2 Å². The fourth-order valence-electron chi connectivity index (χ4n) is 1.18. The van der Waals surface area contributed by atoms with Crippen LogP contribution in [0.15, 0.2) is 24.3 Å². The molecule has 52 valence electrons. The molecule has 1 unspecified atom stereocenters. The molecular weight excluding hydrogens is 143 g/mol. The lowest BCUT2D eigenvalue weighted by atomic mass is 10.2. The van der Waals surface area contributed by atoms with E-state index in [9.17, 15) is 0 Å². The van der Waals surface area contributed by atoms with Crippen LogP contribution >= 0.6 is 8.15 Å². The second kappa shape index (κ2) is 2.34. The molecule has 1 aromatic rings. The SMILES string of the molecule is CP1OCc2ccccc21. The summed E-state index contributed by atoms with van der Waals surface area (Å²) in [6, 6.07) is 8.44. The van der Waals surface area contributed by atoms with E-state index in [1.807, 2.05) is 0 Å². The van der Waals surface area contributed by atoms with Gasteiger partial charge in [-0.3, -0.25) is 0 Å². The first kappa shape index (κ1) is 6.33. The molecule has 1 atom stereocenters. The number of fused-ring (bicyclic) bond motifs is 1. The Balaban J connectivity index is 2.51. The normalized spacial score (nSPS) is 22.7. The van der Waals surface area contributed by atoms with Gasteiger partial charge in [-0.25, -0.2) is 0 Å². The standard InChI is InChI=1S/C8H9OP/c1-10-8-5-3-2-4-7(8)6-9-10/h2-5H,6H2,1H3. The first-order valence-corrected chi connectivity index (χ1v) is 5.03. The van der Waals surface area contributed by atoms with Crippen molar-refractivity contribution in [2.45, 2.75) is 6.61 Å². The summed E-state index contributed by atoms with van der Waals surface area (Å²) in [5.41, 5.74) is 1.37. The largest absolute Gasteiger partial charge is 0.350 e. The van der Waals surface area contributed by atoms with Crippen LogP contribution in [-0.4, -0.2) is 6.66 Å². The molecule has 1 nitrogen and oxygen atoms in total. The van der Waals surface area contributed by atoms with Crippen molar-refractivity contribution < 1.29 is 4.52 Å². The first-order chi connectivity index (χ1) is 4.88. The molecule has 0 spiro atoms. The summed E-state index contributed by atoms with van der Waals surface area (Å²) in [5.74, 6) is 0. The van der Waals surface area contributed by atoms with Gasteiger partial charge in [0.2, 0.25) is 0 Å². The van der Waals surface area contributed by atoms with Gasteiger partial charge >= 0.3 is 0 Å². The molecule has 10 heavy (non-hydrogen) atoms. The van der Waals surface area contributed by atoms with Crippen molar-refractivity contribution in [1.29, 1.82) is 0 Å². The first-order valence-electron chi connectivity index (χ1n) is 3.32. The smallest absolute Gasteiger partial charge is 0.0771 e. The summed E-state index contributed by atoms with van der Waals surface area (Å²) < 4.78 is 5.49. The Bertz CT molecular complexity index is 247. The third-order valence-electron chi connectivity index (χ3n) is 1.74. The Morgan fingerprint density at radius 1 is 1.40 bits per heavy atom. The Hall–Kier alpha value is -0.390. The maximum absolute atomic E-state index is 5.49. The molecule has 0 amide bonds. The lowest BCUT2D eigenvalue weighted by Crippen LogP contribution is -1.97. The second-order valence-corrected chi connectivity index (χ2v) is 4.13. The summed E-state index contributed by atoms with van der Waals surface area (Å²) in [5, 5.41) is 1.41. The third-order valence-corrected chi connectivity index (χ3v) is 3.38. The molecule has 1 heterocycles. The summed E-state index contributed by atoms with van der Waals surface area (Å²) in [6.07, 6.45) is 0. The van der Waals surface area contributed by atoms with Crippen molar-refractivity contribution >= 4 is 13.5 Å². The minimum Gasteiger partial charge on any atom is -0.350 e. The van der Waals surface area contributed by atoms with Gasteiger partial charge in [-0.15, -0.1) is 0 Å². The zero-order valence-corrected chi connectivity index (χ0v) is 6.77. The minimum absolute atomic E-state index is 0.281. The topological polar surface area (TPSA) is 9.23 Å². The number of rotatable bonds is 0. The molecule has 0 bridgehead atoms. The quantitative estimate of drug-likeness (QED) is 0.515. The Morgan fingerprint density at radius 2 is 2.20 bits per heavy atom. The van der Waals surface area contributed by atoms with Crippen LogP contribution in [0.25, 0.3) is 0 Å². The van der Waals surface area contributed by atoms with Crippen molar-refractivity contribution in [2.24, 2.45) is 0 Å². The molecular formula is C8H9OP. The van der Waals surface area contributed by atoms with Gasteiger partial charge in [0.25, 0.3) is 0 Å². The zero-order valence-electron chi connectivity index (χ0n) is 5.87. The van der Waals surface area contributed by atoms with E-state index >= 15 is 0 Å². The number of hydrogen-bond acceptors (Lipinski definition) is 1. The molecule has 0 radical (unpaired) electrons. The van der Waals surface area contributed by atoms with Crippen molar-refractivity contribution in [2.75, 3.05) is 6.66 Å². The van der Waals surface area contributed by atoms with Gasteiger partial charge in [0, 0.05) is 5.30 Å². The zero-order chi connectivity index (χ0) is 6.97. The molecule has 0 saturated heterocycles. The highest BCUT2D eigenvalue weighted by atomic mass is 31.1. The van der Waals surface area contributed by atoms with Gasteiger partial charge in [-0.1, -0.05) is 24.3 Å². The summed E-state index contributed by atoms with van der Waals surface area (Å²) in [6.45, 7) is 2.97. The van der Waals surface area contributed by atoms with Gasteiger partial charge in [0.15, 0.2) is 0 Å². The molecule has 1 aliphatic rings. The van der Waals surface area contributed by atoms with Gasteiger partial charge < -0.3 is 4.52 Å². The Kier molecular flexibility index (Phi) is 1.48. The average Bonchev–Trinajstić information content (AvgIpc) is 2.34. The minimum atomic E-state index is -0.281. The van der Waals surface area contributed by atoms with E-state index in [-0.39, 0.29) is 8.15 Å². The van der Waals surface area contributed by atoms with Crippen LogP contribution < -0.4 is 5.30 Å². The van der Waals surface area contributed by atoms with E-state index in [0.29, 0.717) is 0 Å². The van der Waals surface area contributed by atoms with E-state index in [1.54, 1.807) is 0 Å². The van der Waals surface area contributed by atoms with E-state index in [4.69, 9.17) is 4.52 Å². The van der Waals surface area contributed by atoms with Crippen LogP contribution in [0.4, 0.5) is 0 Å². The highest BCUT2D eigenvalue weighted by Gasteiger charge is 2.17. The molecule has 1 aliphatic heterocycles. The molecule has 0 aliphatic carbocycles. The van der Waals surface area contributed by atoms with Crippen LogP contribution in [0, 0.1) is 0 Å². The van der Waals surface area contributed by atoms with Crippen LogP contribution in [0.5, 0.6) is 0 Å². The molecule has 2 rings (SSSR count). The van der Waals surface area contributed by atoms with E-state index in [2.05, 4.69) is 30.9 Å². The predicted molar refractivity (Wildman–Crippen MR) is 43.7 cm³/mol. The molecule has 0 aromatic heterocycles. The van der Waals surface area contributed by atoms with E-state index in [1.165, 1.54) is 10.9 Å². The third kappa shape index (κ3) is 0.865. The fourth-order valence-corrected chi connectivity index (χ4v) is 2.49. The van der Waals surface area contributed by atoms with Gasteiger partial charge in [0.1, 0.15) is 0 Å². The summed E-state index contributed by atoms with van der Waals surface area (Å²) in [4.78, 5) is 0. The lowest BCUT2D eigenvalue weighted by Gasteiger charge is -2.00. The average molecular weight is 152 g/mol. The van der Waals surface area contributed by atoms with Crippen LogP contribution in [0.1, 0.15) is 5.56 Å².